The molecule has 0 aliphatic heterocycles. The Morgan fingerprint density at radius 3 is 1.81 bits per heavy atom. The first kappa shape index (κ1) is 24.5. The molecule has 0 rings (SSSR count). The van der Waals surface area contributed by atoms with Crippen molar-refractivity contribution < 1.29 is 19.1 Å². The number of allylic oxidation sites excluding steroid dienone is 2. The van der Waals surface area contributed by atoms with Gasteiger partial charge < -0.3 is 15.2 Å². The Bertz CT molecular complexity index is 369. The number of ether oxygens (including phenoxy) is 2. The fourth-order valence-electron chi connectivity index (χ4n) is 2.71. The first-order valence-corrected chi connectivity index (χ1v) is 10.4. The second-order valence-electron chi connectivity index (χ2n) is 6.72. The molecule has 5 nitrogen and oxygen atoms in total. The third kappa shape index (κ3) is 20.5. The molecule has 5 heteroatoms. The lowest BCUT2D eigenvalue weighted by atomic mass is 10.1. The van der Waals surface area contributed by atoms with E-state index in [1.54, 1.807) is 0 Å². The fourth-order valence-corrected chi connectivity index (χ4v) is 2.71. The molecule has 2 N–H and O–H groups in total. The maximum Gasteiger partial charge on any atom is 0.404 e. The molecule has 152 valence electrons. The summed E-state index contributed by atoms with van der Waals surface area (Å²) >= 11 is 0. The molecule has 0 aromatic heterocycles. The zero-order chi connectivity index (χ0) is 19.3. The highest BCUT2D eigenvalue weighted by atomic mass is 16.6. The van der Waals surface area contributed by atoms with Crippen LogP contribution >= 0.6 is 0 Å². The van der Waals surface area contributed by atoms with Crippen LogP contribution in [0.2, 0.25) is 0 Å². The largest absolute Gasteiger partial charge is 0.462 e. The topological polar surface area (TPSA) is 78.6 Å². The number of hydrogen-bond acceptors (Lipinski definition) is 4. The number of primary amides is 1. The summed E-state index contributed by atoms with van der Waals surface area (Å²) in [5.74, 6) is -0.240. The Kier molecular flexibility index (Phi) is 18.6. The molecule has 0 aliphatic carbocycles. The SMILES string of the molecule is CCCCCCCC/C=C\CCCCCCCC(=O)OCCOC(N)=O. The first-order chi connectivity index (χ1) is 12.7. The van der Waals surface area contributed by atoms with Crippen LogP contribution in [0.4, 0.5) is 4.79 Å². The second kappa shape index (κ2) is 19.8. The van der Waals surface area contributed by atoms with E-state index < -0.39 is 6.09 Å². The van der Waals surface area contributed by atoms with Gasteiger partial charge in [0.2, 0.25) is 0 Å². The number of rotatable bonds is 18. The van der Waals surface area contributed by atoms with Crippen LogP contribution in [0, 0.1) is 0 Å². The summed E-state index contributed by atoms with van der Waals surface area (Å²) in [6.07, 6.45) is 20.3. The van der Waals surface area contributed by atoms with Crippen molar-refractivity contribution >= 4 is 12.1 Å². The normalized spacial score (nSPS) is 11.0. The van der Waals surface area contributed by atoms with Crippen LogP contribution in [0.5, 0.6) is 0 Å². The lowest BCUT2D eigenvalue weighted by Crippen LogP contribution is -2.17. The number of carbonyl (C=O) groups excluding carboxylic acids is 2. The van der Waals surface area contributed by atoms with Gasteiger partial charge in [0.15, 0.2) is 0 Å². The van der Waals surface area contributed by atoms with Gasteiger partial charge in [-0.15, -0.1) is 0 Å². The molecule has 0 saturated carbocycles. The standard InChI is InChI=1S/C21H39NO4/c1-2-3-4-5-6-7-8-9-10-11-12-13-14-15-16-17-20(23)25-18-19-26-21(22)24/h9-10H,2-8,11-19H2,1H3,(H2,22,24)/b10-9-. The maximum atomic E-state index is 11.4. The third-order valence-electron chi connectivity index (χ3n) is 4.23. The van der Waals surface area contributed by atoms with E-state index in [1.807, 2.05) is 0 Å². The van der Waals surface area contributed by atoms with Gasteiger partial charge in [0.05, 0.1) is 0 Å². The molecule has 26 heavy (non-hydrogen) atoms. The van der Waals surface area contributed by atoms with Gasteiger partial charge in [-0.25, -0.2) is 4.79 Å². The average molecular weight is 370 g/mol. The Morgan fingerprint density at radius 1 is 0.731 bits per heavy atom. The van der Waals surface area contributed by atoms with Crippen LogP contribution in [0.1, 0.15) is 96.8 Å². The number of unbranched alkanes of at least 4 members (excludes halogenated alkanes) is 11. The molecule has 0 bridgehead atoms. The highest BCUT2D eigenvalue weighted by Crippen LogP contribution is 2.10. The van der Waals surface area contributed by atoms with E-state index in [0.717, 1.165) is 25.7 Å². The van der Waals surface area contributed by atoms with Gasteiger partial charge in [-0.1, -0.05) is 70.4 Å². The zero-order valence-corrected chi connectivity index (χ0v) is 16.7. The predicted octanol–water partition coefficient (Wildman–Crippen LogP) is 5.66. The third-order valence-corrected chi connectivity index (χ3v) is 4.23. The van der Waals surface area contributed by atoms with E-state index in [2.05, 4.69) is 23.8 Å². The molecule has 0 radical (unpaired) electrons. The minimum Gasteiger partial charge on any atom is -0.462 e. The van der Waals surface area contributed by atoms with Crippen molar-refractivity contribution in [1.82, 2.24) is 0 Å². The number of amides is 1. The van der Waals surface area contributed by atoms with Crippen molar-refractivity contribution in [2.45, 2.75) is 96.8 Å². The molecule has 0 saturated heterocycles. The molecule has 0 atom stereocenters. The Labute approximate surface area is 159 Å². The summed E-state index contributed by atoms with van der Waals surface area (Å²) in [4.78, 5) is 21.7. The molecule has 0 unspecified atom stereocenters. The highest BCUT2D eigenvalue weighted by molar-refractivity contribution is 5.69. The first-order valence-electron chi connectivity index (χ1n) is 10.4. The highest BCUT2D eigenvalue weighted by Gasteiger charge is 2.03. The maximum absolute atomic E-state index is 11.4. The molecule has 0 aromatic rings. The molecule has 0 fully saturated rings. The Hall–Kier alpha value is -1.52. The lowest BCUT2D eigenvalue weighted by Gasteiger charge is -2.04. The Balaban J connectivity index is 3.22. The van der Waals surface area contributed by atoms with E-state index >= 15 is 0 Å². The van der Waals surface area contributed by atoms with Crippen LogP contribution in [0.15, 0.2) is 12.2 Å². The van der Waals surface area contributed by atoms with Crippen molar-refractivity contribution in [1.29, 1.82) is 0 Å². The van der Waals surface area contributed by atoms with Gasteiger partial charge in [-0.2, -0.15) is 0 Å². The molecule has 0 heterocycles. The quantitative estimate of drug-likeness (QED) is 0.192. The van der Waals surface area contributed by atoms with Gasteiger partial charge in [0, 0.05) is 6.42 Å². The van der Waals surface area contributed by atoms with Crippen LogP contribution in [0.3, 0.4) is 0 Å². The van der Waals surface area contributed by atoms with Gasteiger partial charge in [0.1, 0.15) is 13.2 Å². The number of carbonyl (C=O) groups is 2. The van der Waals surface area contributed by atoms with E-state index in [0.29, 0.717) is 6.42 Å². The van der Waals surface area contributed by atoms with Gasteiger partial charge in [0.25, 0.3) is 0 Å². The summed E-state index contributed by atoms with van der Waals surface area (Å²) < 4.78 is 9.41. The lowest BCUT2D eigenvalue weighted by molar-refractivity contribution is -0.144. The van der Waals surface area contributed by atoms with Crippen LogP contribution < -0.4 is 5.73 Å². The average Bonchev–Trinajstić information content (AvgIpc) is 2.62. The van der Waals surface area contributed by atoms with Crippen LogP contribution in [-0.2, 0) is 14.3 Å². The van der Waals surface area contributed by atoms with Gasteiger partial charge in [-0.05, 0) is 32.1 Å². The fraction of sp³-hybridized carbons (Fsp3) is 0.810. The van der Waals surface area contributed by atoms with Crippen molar-refractivity contribution in [3.8, 4) is 0 Å². The summed E-state index contributed by atoms with van der Waals surface area (Å²) in [7, 11) is 0. The zero-order valence-electron chi connectivity index (χ0n) is 16.7. The van der Waals surface area contributed by atoms with Crippen molar-refractivity contribution in [2.75, 3.05) is 13.2 Å². The summed E-state index contributed by atoms with van der Waals surface area (Å²) in [5.41, 5.74) is 4.80. The molecular formula is C21H39NO4. The molecular weight excluding hydrogens is 330 g/mol. The van der Waals surface area contributed by atoms with E-state index in [1.165, 1.54) is 57.8 Å². The minimum atomic E-state index is -0.849. The summed E-state index contributed by atoms with van der Waals surface area (Å²) in [6.45, 7) is 2.35. The van der Waals surface area contributed by atoms with Gasteiger partial charge >= 0.3 is 12.1 Å². The molecule has 0 aromatic carbocycles. The molecule has 0 spiro atoms. The van der Waals surface area contributed by atoms with E-state index in [9.17, 15) is 9.59 Å². The number of nitrogens with two attached hydrogens (primary N) is 1. The smallest absolute Gasteiger partial charge is 0.404 e. The number of hydrogen-bond donors (Lipinski definition) is 1. The second-order valence-corrected chi connectivity index (χ2v) is 6.72. The Morgan fingerprint density at radius 2 is 1.23 bits per heavy atom. The van der Waals surface area contributed by atoms with Gasteiger partial charge in [-0.3, -0.25) is 4.79 Å². The summed E-state index contributed by atoms with van der Waals surface area (Å²) in [5, 5.41) is 0. The monoisotopic (exact) mass is 369 g/mol. The van der Waals surface area contributed by atoms with Crippen molar-refractivity contribution in [3.05, 3.63) is 12.2 Å². The van der Waals surface area contributed by atoms with E-state index in [-0.39, 0.29) is 19.2 Å². The van der Waals surface area contributed by atoms with Crippen molar-refractivity contribution in [2.24, 2.45) is 5.73 Å². The predicted molar refractivity (Wildman–Crippen MR) is 106 cm³/mol. The molecule has 0 aliphatic rings. The van der Waals surface area contributed by atoms with Crippen molar-refractivity contribution in [3.63, 3.8) is 0 Å². The van der Waals surface area contributed by atoms with Crippen LogP contribution in [0.25, 0.3) is 0 Å². The number of esters is 1. The minimum absolute atomic E-state index is 0.0213. The van der Waals surface area contributed by atoms with Crippen LogP contribution in [-0.4, -0.2) is 25.3 Å². The summed E-state index contributed by atoms with van der Waals surface area (Å²) in [6, 6.07) is 0. The molecule has 1 amide bonds. The van der Waals surface area contributed by atoms with E-state index in [4.69, 9.17) is 10.5 Å².